The van der Waals surface area contributed by atoms with Crippen LogP contribution in [0.4, 0.5) is 0 Å². The summed E-state index contributed by atoms with van der Waals surface area (Å²) in [6.45, 7) is 1.93. The van der Waals surface area contributed by atoms with E-state index in [0.717, 1.165) is 32.2 Å². The number of nitrogens with one attached hydrogen (secondary N) is 1. The van der Waals surface area contributed by atoms with Gasteiger partial charge < -0.3 is 15.2 Å². The molecule has 8 heteroatoms. The van der Waals surface area contributed by atoms with Gasteiger partial charge in [-0.25, -0.2) is 4.98 Å². The first-order chi connectivity index (χ1) is 19.2. The third-order valence-corrected chi connectivity index (χ3v) is 9.48. The highest BCUT2D eigenvalue weighted by atomic mass is 79.9. The Bertz CT molecular complexity index is 1630. The first kappa shape index (κ1) is 26.8. The lowest BCUT2D eigenvalue weighted by Crippen LogP contribution is -2.67. The van der Waals surface area contributed by atoms with E-state index in [9.17, 15) is 14.7 Å². The van der Waals surface area contributed by atoms with Crippen molar-refractivity contribution >= 4 is 50.3 Å². The number of aromatic nitrogens is 1. The molecular weight excluding hydrogens is 592 g/mol. The zero-order valence-corrected chi connectivity index (χ0v) is 24.3. The molecule has 0 radical (unpaired) electrons. The van der Waals surface area contributed by atoms with E-state index < -0.39 is 23.0 Å². The molecule has 7 rings (SSSR count). The van der Waals surface area contributed by atoms with Gasteiger partial charge in [-0.3, -0.25) is 9.59 Å². The van der Waals surface area contributed by atoms with Crippen LogP contribution in [-0.4, -0.2) is 33.6 Å². The number of pyridine rings is 1. The van der Waals surface area contributed by atoms with Gasteiger partial charge in [0.15, 0.2) is 0 Å². The molecule has 1 unspecified atom stereocenters. The molecule has 3 aliphatic rings. The number of ether oxygens (including phenoxy) is 1. The van der Waals surface area contributed by atoms with Crippen LogP contribution in [0.2, 0.25) is 5.02 Å². The van der Waals surface area contributed by atoms with Crippen molar-refractivity contribution in [3.63, 3.8) is 0 Å². The third kappa shape index (κ3) is 4.55. The molecule has 0 saturated heterocycles. The van der Waals surface area contributed by atoms with E-state index in [4.69, 9.17) is 21.3 Å². The number of carbonyl (C=O) groups is 2. The monoisotopic (exact) mass is 618 g/mol. The fraction of sp³-hybridized carbons (Fsp3) is 0.281. The van der Waals surface area contributed by atoms with Crippen molar-refractivity contribution in [2.24, 2.45) is 5.41 Å². The van der Waals surface area contributed by atoms with E-state index in [-0.39, 0.29) is 5.91 Å². The Morgan fingerprint density at radius 1 is 1.02 bits per heavy atom. The number of hydrogen-bond acceptors (Lipinski definition) is 4. The van der Waals surface area contributed by atoms with Gasteiger partial charge >= 0.3 is 5.97 Å². The van der Waals surface area contributed by atoms with Crippen molar-refractivity contribution in [3.05, 3.63) is 93.4 Å². The summed E-state index contributed by atoms with van der Waals surface area (Å²) in [4.78, 5) is 31.6. The molecule has 3 fully saturated rings. The number of halogens is 2. The lowest BCUT2D eigenvalue weighted by molar-refractivity contribution is -0.163. The average Bonchev–Trinajstić information content (AvgIpc) is 2.95. The lowest BCUT2D eigenvalue weighted by atomic mass is 9.55. The van der Waals surface area contributed by atoms with Crippen molar-refractivity contribution < 1.29 is 19.4 Å². The van der Waals surface area contributed by atoms with Gasteiger partial charge in [0.05, 0.1) is 32.8 Å². The van der Waals surface area contributed by atoms with Crippen LogP contribution in [0.3, 0.4) is 0 Å². The number of para-hydroxylation sites is 1. The Hall–Kier alpha value is -3.42. The fourth-order valence-electron chi connectivity index (χ4n) is 6.39. The molecule has 1 amide bonds. The number of benzene rings is 3. The summed E-state index contributed by atoms with van der Waals surface area (Å²) < 4.78 is 7.28. The Labute approximate surface area is 245 Å². The summed E-state index contributed by atoms with van der Waals surface area (Å²) in [5.74, 6) is -0.553. The van der Waals surface area contributed by atoms with Gasteiger partial charge in [-0.15, -0.1) is 0 Å². The number of fused-ring (bicyclic) bond motifs is 4. The highest BCUT2D eigenvalue weighted by Crippen LogP contribution is 2.54. The Morgan fingerprint density at radius 2 is 1.73 bits per heavy atom. The highest BCUT2D eigenvalue weighted by molar-refractivity contribution is 9.10. The van der Waals surface area contributed by atoms with Gasteiger partial charge in [-0.1, -0.05) is 70.0 Å². The zero-order valence-electron chi connectivity index (χ0n) is 21.9. The number of carboxylic acid groups (broad SMARTS) is 1. The number of aliphatic carboxylic acids is 1. The summed E-state index contributed by atoms with van der Waals surface area (Å²) >= 11 is 9.98. The Morgan fingerprint density at radius 3 is 2.42 bits per heavy atom. The SMILES string of the molecule is Cc1c(-c2ccccc2)nc2ccc(Br)cc2c1C(=O)NC12CCC(C(=O)O)(CC1)CC2Oc1ccccc1Cl. The minimum absolute atomic E-state index is 0.224. The van der Waals surface area contributed by atoms with E-state index in [2.05, 4.69) is 21.2 Å². The largest absolute Gasteiger partial charge is 0.486 e. The lowest BCUT2D eigenvalue weighted by Gasteiger charge is -2.55. The molecule has 1 atom stereocenters. The number of carboxylic acids is 1. The summed E-state index contributed by atoms with van der Waals surface area (Å²) in [7, 11) is 0. The fourth-order valence-corrected chi connectivity index (χ4v) is 6.94. The van der Waals surface area contributed by atoms with Gasteiger partial charge in [-0.2, -0.15) is 0 Å². The summed E-state index contributed by atoms with van der Waals surface area (Å²) in [6.07, 6.45) is 1.69. The number of nitrogens with zero attached hydrogens (tertiary/aromatic N) is 1. The second-order valence-corrected chi connectivity index (χ2v) is 12.2. The molecule has 1 heterocycles. The summed E-state index contributed by atoms with van der Waals surface area (Å²) in [5, 5.41) is 14.7. The Balaban J connectivity index is 1.43. The smallest absolute Gasteiger partial charge is 0.309 e. The Kier molecular flexibility index (Phi) is 6.83. The van der Waals surface area contributed by atoms with E-state index in [1.54, 1.807) is 12.1 Å². The van der Waals surface area contributed by atoms with Crippen molar-refractivity contribution in [1.82, 2.24) is 10.3 Å². The average molecular weight is 620 g/mol. The van der Waals surface area contributed by atoms with Crippen molar-refractivity contribution in [1.29, 1.82) is 0 Å². The third-order valence-electron chi connectivity index (χ3n) is 8.68. The summed E-state index contributed by atoms with van der Waals surface area (Å²) in [6, 6.07) is 22.7. The van der Waals surface area contributed by atoms with Crippen LogP contribution in [0.25, 0.3) is 22.2 Å². The van der Waals surface area contributed by atoms with Crippen LogP contribution in [0.5, 0.6) is 5.75 Å². The van der Waals surface area contributed by atoms with Gasteiger partial charge in [0.25, 0.3) is 5.91 Å². The second kappa shape index (κ2) is 10.2. The van der Waals surface area contributed by atoms with Crippen LogP contribution < -0.4 is 10.1 Å². The molecule has 0 spiro atoms. The van der Waals surface area contributed by atoms with E-state index in [1.165, 1.54) is 0 Å². The van der Waals surface area contributed by atoms with Crippen LogP contribution in [0.1, 0.15) is 48.0 Å². The molecular formula is C32H28BrClN2O4. The first-order valence-electron chi connectivity index (χ1n) is 13.3. The molecule has 3 saturated carbocycles. The predicted octanol–water partition coefficient (Wildman–Crippen LogP) is 7.59. The molecule has 40 heavy (non-hydrogen) atoms. The molecule has 2 bridgehead atoms. The molecule has 4 aromatic rings. The van der Waals surface area contributed by atoms with Gasteiger partial charge in [0.2, 0.25) is 0 Å². The molecule has 204 valence electrons. The van der Waals surface area contributed by atoms with Crippen LogP contribution in [0, 0.1) is 12.3 Å². The predicted molar refractivity (Wildman–Crippen MR) is 159 cm³/mol. The normalized spacial score (nSPS) is 23.6. The minimum atomic E-state index is -0.872. The van der Waals surface area contributed by atoms with Crippen molar-refractivity contribution in [2.45, 2.75) is 50.7 Å². The maximum Gasteiger partial charge on any atom is 0.309 e. The molecule has 1 aromatic heterocycles. The van der Waals surface area contributed by atoms with Crippen LogP contribution in [-0.2, 0) is 4.79 Å². The molecule has 0 aliphatic heterocycles. The number of rotatable bonds is 6. The standard InChI is InChI=1S/C32H28BrClN2O4/c1-19-27(22-17-21(33)11-12-24(22)35-28(19)20-7-3-2-4-8-20)29(37)36-32-15-13-31(14-16-32,30(38)39)18-26(32)40-25-10-6-5-9-23(25)34/h2-12,17,26H,13-16,18H2,1H3,(H,36,37)(H,38,39). The first-order valence-corrected chi connectivity index (χ1v) is 14.5. The van der Waals surface area contributed by atoms with Crippen molar-refractivity contribution in [3.8, 4) is 17.0 Å². The zero-order chi connectivity index (χ0) is 28.1. The maximum atomic E-state index is 14.4. The van der Waals surface area contributed by atoms with E-state index in [0.29, 0.717) is 48.4 Å². The van der Waals surface area contributed by atoms with Gasteiger partial charge in [0.1, 0.15) is 11.9 Å². The van der Waals surface area contributed by atoms with Crippen LogP contribution >= 0.6 is 27.5 Å². The molecule has 2 N–H and O–H groups in total. The number of amides is 1. The topological polar surface area (TPSA) is 88.5 Å². The van der Waals surface area contributed by atoms with Gasteiger partial charge in [0, 0.05) is 21.8 Å². The highest BCUT2D eigenvalue weighted by Gasteiger charge is 2.59. The quantitative estimate of drug-likeness (QED) is 0.232. The van der Waals surface area contributed by atoms with Gasteiger partial charge in [-0.05, 0) is 68.5 Å². The molecule has 3 aliphatic carbocycles. The maximum absolute atomic E-state index is 14.4. The van der Waals surface area contributed by atoms with E-state index in [1.807, 2.05) is 67.6 Å². The minimum Gasteiger partial charge on any atom is -0.486 e. The number of carbonyl (C=O) groups excluding carboxylic acids is 1. The van der Waals surface area contributed by atoms with Crippen LogP contribution in [0.15, 0.2) is 77.3 Å². The van der Waals surface area contributed by atoms with E-state index >= 15 is 0 Å². The number of hydrogen-bond donors (Lipinski definition) is 2. The molecule has 3 aromatic carbocycles. The molecule has 6 nitrogen and oxygen atoms in total. The summed E-state index contributed by atoms with van der Waals surface area (Å²) in [5.41, 5.74) is 2.11. The van der Waals surface area contributed by atoms with Crippen molar-refractivity contribution in [2.75, 3.05) is 0 Å². The second-order valence-electron chi connectivity index (χ2n) is 10.9.